The van der Waals surface area contributed by atoms with E-state index in [9.17, 15) is 4.79 Å². The van der Waals surface area contributed by atoms with Crippen molar-refractivity contribution in [1.82, 2.24) is 15.3 Å². The first-order chi connectivity index (χ1) is 10.1. The zero-order chi connectivity index (χ0) is 15.2. The van der Waals surface area contributed by atoms with E-state index in [2.05, 4.69) is 25.5 Å². The molecule has 0 unspecified atom stereocenters. The minimum atomic E-state index is 0.0214. The van der Waals surface area contributed by atoms with E-state index >= 15 is 0 Å². The zero-order valence-corrected chi connectivity index (χ0v) is 13.1. The highest BCUT2D eigenvalue weighted by Gasteiger charge is 2.15. The van der Waals surface area contributed by atoms with Gasteiger partial charge in [0.2, 0.25) is 5.91 Å². The fourth-order valence-electron chi connectivity index (χ4n) is 2.33. The molecular formula is C15H25N5O. The predicted molar refractivity (Wildman–Crippen MR) is 84.6 cm³/mol. The Bertz CT molecular complexity index is 483. The number of carbonyl (C=O) groups excluding carboxylic acids is 1. The molecule has 0 atom stereocenters. The molecule has 1 amide bonds. The Morgan fingerprint density at radius 1 is 1.29 bits per heavy atom. The lowest BCUT2D eigenvalue weighted by atomic mass is 10.2. The van der Waals surface area contributed by atoms with Crippen LogP contribution in [0.25, 0.3) is 0 Å². The first-order valence-corrected chi connectivity index (χ1v) is 7.68. The molecule has 0 bridgehead atoms. The lowest BCUT2D eigenvalue weighted by Crippen LogP contribution is -2.32. The Kier molecular flexibility index (Phi) is 5.36. The standard InChI is InChI=1S/C15H25N5O/c1-11(2)15(21)17-7-6-16-13-10-14(19-12(3)18-13)20-8-4-5-9-20/h10-11H,4-9H2,1-3H3,(H,17,21)(H,16,18,19). The molecule has 1 saturated heterocycles. The predicted octanol–water partition coefficient (Wildman–Crippen LogP) is 1.57. The third-order valence-corrected chi connectivity index (χ3v) is 3.51. The van der Waals surface area contributed by atoms with Crippen LogP contribution in [0.4, 0.5) is 11.6 Å². The van der Waals surface area contributed by atoms with Gasteiger partial charge in [0, 0.05) is 38.2 Å². The highest BCUT2D eigenvalue weighted by molar-refractivity contribution is 5.77. The van der Waals surface area contributed by atoms with E-state index in [1.807, 2.05) is 26.8 Å². The molecule has 1 aliphatic rings. The number of amides is 1. The summed E-state index contributed by atoms with van der Waals surface area (Å²) in [7, 11) is 0. The second-order valence-corrected chi connectivity index (χ2v) is 5.73. The van der Waals surface area contributed by atoms with Gasteiger partial charge in [-0.15, -0.1) is 0 Å². The van der Waals surface area contributed by atoms with Crippen LogP contribution in [0, 0.1) is 12.8 Å². The Balaban J connectivity index is 1.86. The van der Waals surface area contributed by atoms with Crippen LogP contribution in [0.15, 0.2) is 6.07 Å². The number of hydrogen-bond acceptors (Lipinski definition) is 5. The lowest BCUT2D eigenvalue weighted by molar-refractivity contribution is -0.123. The van der Waals surface area contributed by atoms with Crippen LogP contribution in [0.5, 0.6) is 0 Å². The number of carbonyl (C=O) groups is 1. The van der Waals surface area contributed by atoms with E-state index in [0.717, 1.165) is 30.5 Å². The van der Waals surface area contributed by atoms with Crippen molar-refractivity contribution in [2.45, 2.75) is 33.6 Å². The number of nitrogens with zero attached hydrogens (tertiary/aromatic N) is 3. The summed E-state index contributed by atoms with van der Waals surface area (Å²) in [5, 5.41) is 6.13. The van der Waals surface area contributed by atoms with Crippen molar-refractivity contribution in [3.8, 4) is 0 Å². The maximum absolute atomic E-state index is 11.5. The van der Waals surface area contributed by atoms with Crippen LogP contribution in [-0.2, 0) is 4.79 Å². The topological polar surface area (TPSA) is 70.2 Å². The molecule has 2 heterocycles. The number of aromatic nitrogens is 2. The summed E-state index contributed by atoms with van der Waals surface area (Å²) < 4.78 is 0. The second kappa shape index (κ2) is 7.24. The third-order valence-electron chi connectivity index (χ3n) is 3.51. The van der Waals surface area contributed by atoms with Crippen LogP contribution in [0.2, 0.25) is 0 Å². The molecule has 0 saturated carbocycles. The minimum Gasteiger partial charge on any atom is -0.368 e. The second-order valence-electron chi connectivity index (χ2n) is 5.73. The summed E-state index contributed by atoms with van der Waals surface area (Å²) in [6.45, 7) is 9.08. The minimum absolute atomic E-state index is 0.0214. The molecule has 2 N–H and O–H groups in total. The molecule has 0 radical (unpaired) electrons. The van der Waals surface area contributed by atoms with E-state index in [4.69, 9.17) is 0 Å². The molecule has 0 spiro atoms. The van der Waals surface area contributed by atoms with Gasteiger partial charge in [-0.05, 0) is 19.8 Å². The van der Waals surface area contributed by atoms with Crippen LogP contribution >= 0.6 is 0 Å². The summed E-state index contributed by atoms with van der Waals surface area (Å²) >= 11 is 0. The molecule has 6 nitrogen and oxygen atoms in total. The summed E-state index contributed by atoms with van der Waals surface area (Å²) in [5.41, 5.74) is 0. The van der Waals surface area contributed by atoms with Gasteiger partial charge < -0.3 is 15.5 Å². The van der Waals surface area contributed by atoms with Gasteiger partial charge >= 0.3 is 0 Å². The van der Waals surface area contributed by atoms with Gasteiger partial charge in [0.25, 0.3) is 0 Å². The van der Waals surface area contributed by atoms with E-state index < -0.39 is 0 Å². The highest BCUT2D eigenvalue weighted by Crippen LogP contribution is 2.20. The largest absolute Gasteiger partial charge is 0.368 e. The van der Waals surface area contributed by atoms with Crippen molar-refractivity contribution in [2.24, 2.45) is 5.92 Å². The molecule has 116 valence electrons. The molecule has 1 aromatic heterocycles. The molecule has 1 aliphatic heterocycles. The number of rotatable bonds is 6. The number of aryl methyl sites for hydroxylation is 1. The van der Waals surface area contributed by atoms with Crippen LogP contribution < -0.4 is 15.5 Å². The van der Waals surface area contributed by atoms with Gasteiger partial charge in [-0.1, -0.05) is 13.8 Å². The van der Waals surface area contributed by atoms with E-state index in [-0.39, 0.29) is 11.8 Å². The fraction of sp³-hybridized carbons (Fsp3) is 0.667. The quantitative estimate of drug-likeness (QED) is 0.779. The van der Waals surface area contributed by atoms with Gasteiger partial charge in [0.15, 0.2) is 0 Å². The van der Waals surface area contributed by atoms with Crippen LogP contribution in [0.3, 0.4) is 0 Å². The van der Waals surface area contributed by atoms with Crippen molar-refractivity contribution in [3.63, 3.8) is 0 Å². The first kappa shape index (κ1) is 15.5. The van der Waals surface area contributed by atoms with Crippen LogP contribution in [-0.4, -0.2) is 42.1 Å². The maximum atomic E-state index is 11.5. The summed E-state index contributed by atoms with van der Waals surface area (Å²) in [6, 6.07) is 1.99. The Morgan fingerprint density at radius 2 is 2.00 bits per heavy atom. The normalized spacial score (nSPS) is 14.6. The molecule has 2 rings (SSSR count). The van der Waals surface area contributed by atoms with Gasteiger partial charge in [-0.25, -0.2) is 9.97 Å². The van der Waals surface area contributed by atoms with Crippen molar-refractivity contribution in [2.75, 3.05) is 36.4 Å². The van der Waals surface area contributed by atoms with Gasteiger partial charge in [-0.3, -0.25) is 4.79 Å². The highest BCUT2D eigenvalue weighted by atomic mass is 16.1. The fourth-order valence-corrected chi connectivity index (χ4v) is 2.33. The van der Waals surface area contributed by atoms with Gasteiger partial charge in [0.1, 0.15) is 17.5 Å². The Morgan fingerprint density at radius 3 is 2.67 bits per heavy atom. The van der Waals surface area contributed by atoms with Crippen molar-refractivity contribution >= 4 is 17.5 Å². The Hall–Kier alpha value is -1.85. The van der Waals surface area contributed by atoms with Crippen molar-refractivity contribution in [3.05, 3.63) is 11.9 Å². The number of anilines is 2. The third kappa shape index (κ3) is 4.58. The zero-order valence-electron chi connectivity index (χ0n) is 13.1. The molecule has 6 heteroatoms. The first-order valence-electron chi connectivity index (χ1n) is 7.68. The van der Waals surface area contributed by atoms with Gasteiger partial charge in [-0.2, -0.15) is 0 Å². The summed E-state index contributed by atoms with van der Waals surface area (Å²) in [4.78, 5) is 22.7. The lowest BCUT2D eigenvalue weighted by Gasteiger charge is -2.18. The van der Waals surface area contributed by atoms with E-state index in [1.165, 1.54) is 12.8 Å². The van der Waals surface area contributed by atoms with Crippen molar-refractivity contribution in [1.29, 1.82) is 0 Å². The molecule has 21 heavy (non-hydrogen) atoms. The average molecular weight is 291 g/mol. The van der Waals surface area contributed by atoms with Gasteiger partial charge in [0.05, 0.1) is 0 Å². The Labute approximate surface area is 126 Å². The smallest absolute Gasteiger partial charge is 0.222 e. The van der Waals surface area contributed by atoms with Crippen molar-refractivity contribution < 1.29 is 4.79 Å². The summed E-state index contributed by atoms with van der Waals surface area (Å²) in [5.74, 6) is 2.69. The molecule has 1 aromatic rings. The maximum Gasteiger partial charge on any atom is 0.222 e. The average Bonchev–Trinajstić information content (AvgIpc) is 2.96. The number of hydrogen-bond donors (Lipinski definition) is 2. The number of nitrogens with one attached hydrogen (secondary N) is 2. The van der Waals surface area contributed by atoms with Crippen LogP contribution in [0.1, 0.15) is 32.5 Å². The molecule has 0 aliphatic carbocycles. The molecule has 1 fully saturated rings. The monoisotopic (exact) mass is 291 g/mol. The van der Waals surface area contributed by atoms with E-state index in [1.54, 1.807) is 0 Å². The summed E-state index contributed by atoms with van der Waals surface area (Å²) in [6.07, 6.45) is 2.46. The molecular weight excluding hydrogens is 266 g/mol. The SMILES string of the molecule is Cc1nc(NCCNC(=O)C(C)C)cc(N2CCCC2)n1. The molecule has 0 aromatic carbocycles. The van der Waals surface area contributed by atoms with E-state index in [0.29, 0.717) is 13.1 Å².